The van der Waals surface area contributed by atoms with Gasteiger partial charge >= 0.3 is 0 Å². The van der Waals surface area contributed by atoms with Gasteiger partial charge in [-0.05, 0) is 16.7 Å². The predicted molar refractivity (Wildman–Crippen MR) is 174 cm³/mol. The lowest BCUT2D eigenvalue weighted by Crippen LogP contribution is -1.93. The van der Waals surface area contributed by atoms with Crippen LogP contribution in [-0.4, -0.2) is 0 Å². The molecule has 0 N–H and O–H groups in total. The number of benzene rings is 2. The second kappa shape index (κ2) is 45.9. The Bertz CT molecular complexity index is 343. The smallest absolute Gasteiger partial charge is 0.0411 e. The second-order valence-corrected chi connectivity index (χ2v) is 10.7. The average Bonchev–Trinajstić information content (AvgIpc) is 2.79. The molecule has 212 valence electrons. The fourth-order valence-corrected chi connectivity index (χ4v) is 0.770. The standard InChI is InChI=1S/2C6H6.2C5H12.C4H10.C3H8.3C2H6/c2*1-2-4-6-5-3-1;2*1-5(2,3)4;1-4(2)3;1-3-2;3*1-2/h2*1-6H;2*1-4H3;4H,1-3H3;3H2,1-2H3;3*1-2H3. The van der Waals surface area contributed by atoms with Gasteiger partial charge < -0.3 is 0 Å². The Labute approximate surface area is 227 Å². The molecule has 0 saturated carbocycles. The Hall–Kier alpha value is -1.56. The first-order valence-electron chi connectivity index (χ1n) is 14.1. The van der Waals surface area contributed by atoms with E-state index in [9.17, 15) is 0 Å². The molecular weight excluding hydrogens is 420 g/mol. The molecule has 0 heterocycles. The maximum Gasteiger partial charge on any atom is -0.0411 e. The minimum absolute atomic E-state index is 0.500. The van der Waals surface area contributed by atoms with Gasteiger partial charge in [-0.1, -0.05) is 211 Å². The third-order valence-electron chi connectivity index (χ3n) is 1.33. The van der Waals surface area contributed by atoms with Gasteiger partial charge in [-0.2, -0.15) is 0 Å². The monoisotopic (exact) mass is 493 g/mol. The Morgan fingerprint density at radius 3 is 0.429 bits per heavy atom. The van der Waals surface area contributed by atoms with Crippen LogP contribution in [0.5, 0.6) is 0 Å². The molecule has 0 fully saturated rings. The first-order chi connectivity index (χ1) is 16.1. The number of rotatable bonds is 0. The van der Waals surface area contributed by atoms with Crippen LogP contribution in [0.1, 0.15) is 138 Å². The van der Waals surface area contributed by atoms with Gasteiger partial charge in [0, 0.05) is 0 Å². The molecule has 35 heavy (non-hydrogen) atoms. The summed E-state index contributed by atoms with van der Waals surface area (Å²) in [5.41, 5.74) is 1.00. The molecule has 0 aromatic heterocycles. The molecule has 0 bridgehead atoms. The van der Waals surface area contributed by atoms with Crippen molar-refractivity contribution in [2.45, 2.75) is 138 Å². The molecule has 0 atom stereocenters. The molecule has 2 rings (SSSR count). The van der Waals surface area contributed by atoms with E-state index in [1.165, 1.54) is 6.42 Å². The Kier molecular flexibility index (Phi) is 66.0. The van der Waals surface area contributed by atoms with Gasteiger partial charge in [-0.3, -0.25) is 0 Å². The zero-order chi connectivity index (χ0) is 29.8. The van der Waals surface area contributed by atoms with Gasteiger partial charge in [-0.25, -0.2) is 0 Å². The van der Waals surface area contributed by atoms with Crippen LogP contribution in [0.2, 0.25) is 0 Å². The molecule has 0 amide bonds. The van der Waals surface area contributed by atoms with Crippen LogP contribution in [0.15, 0.2) is 72.8 Å². The third-order valence-corrected chi connectivity index (χ3v) is 1.33. The SMILES string of the molecule is CC.CC.CC.CC(C)(C)C.CC(C)(C)C.CC(C)C.CCC.c1ccccc1.c1ccccc1. The van der Waals surface area contributed by atoms with Crippen molar-refractivity contribution in [3.05, 3.63) is 72.8 Å². The molecule has 2 aromatic rings. The van der Waals surface area contributed by atoms with Crippen LogP contribution >= 0.6 is 0 Å². The molecule has 0 spiro atoms. The molecule has 0 aliphatic heterocycles. The summed E-state index contributed by atoms with van der Waals surface area (Å²) in [5, 5.41) is 0. The van der Waals surface area contributed by atoms with E-state index in [0.29, 0.717) is 10.8 Å². The van der Waals surface area contributed by atoms with Crippen LogP contribution in [-0.2, 0) is 0 Å². The topological polar surface area (TPSA) is 0 Å². The zero-order valence-corrected chi connectivity index (χ0v) is 28.2. The van der Waals surface area contributed by atoms with Crippen LogP contribution in [0, 0.1) is 16.7 Å². The lowest BCUT2D eigenvalue weighted by molar-refractivity contribution is 0.469. The van der Waals surface area contributed by atoms with E-state index < -0.39 is 0 Å². The Morgan fingerprint density at radius 1 is 0.371 bits per heavy atom. The fraction of sp³-hybridized carbons (Fsp3) is 0.657. The summed E-state index contributed by atoms with van der Waals surface area (Å²) in [6, 6.07) is 24.0. The summed E-state index contributed by atoms with van der Waals surface area (Å²) in [4.78, 5) is 0. The van der Waals surface area contributed by atoms with E-state index >= 15 is 0 Å². The summed E-state index contributed by atoms with van der Waals surface area (Å²) < 4.78 is 0. The molecule has 0 aliphatic rings. The van der Waals surface area contributed by atoms with E-state index in [0.717, 1.165) is 5.92 Å². The van der Waals surface area contributed by atoms with Crippen LogP contribution in [0.4, 0.5) is 0 Å². The predicted octanol–water partition coefficient (Wildman–Crippen LogP) is 13.6. The average molecular weight is 493 g/mol. The summed E-state index contributed by atoms with van der Waals surface area (Å²) >= 11 is 0. The van der Waals surface area contributed by atoms with Gasteiger partial charge in [0.25, 0.3) is 0 Å². The van der Waals surface area contributed by atoms with Gasteiger partial charge in [0.05, 0.1) is 0 Å². The van der Waals surface area contributed by atoms with E-state index in [2.05, 4.69) is 90.0 Å². The summed E-state index contributed by atoms with van der Waals surface area (Å²) in [6.45, 7) is 40.2. The van der Waals surface area contributed by atoms with Gasteiger partial charge in [-0.15, -0.1) is 0 Å². The first kappa shape index (κ1) is 50.3. The van der Waals surface area contributed by atoms with Crippen molar-refractivity contribution in [3.8, 4) is 0 Å². The van der Waals surface area contributed by atoms with Crippen molar-refractivity contribution in [2.75, 3.05) is 0 Å². The highest BCUT2D eigenvalue weighted by Crippen LogP contribution is 2.08. The third kappa shape index (κ3) is 276. The Balaban J connectivity index is -0.0000000521. The lowest BCUT2D eigenvalue weighted by atomic mass is 10.0. The first-order valence-corrected chi connectivity index (χ1v) is 14.1. The van der Waals surface area contributed by atoms with Crippen molar-refractivity contribution in [3.63, 3.8) is 0 Å². The number of hydrogen-bond donors (Lipinski definition) is 0. The maximum absolute atomic E-state index is 2.19. The van der Waals surface area contributed by atoms with Gasteiger partial charge in [0.2, 0.25) is 0 Å². The van der Waals surface area contributed by atoms with E-state index in [-0.39, 0.29) is 0 Å². The molecule has 2 aromatic carbocycles. The molecule has 0 aliphatic carbocycles. The minimum Gasteiger partial charge on any atom is -0.0683 e. The largest absolute Gasteiger partial charge is 0.0683 e. The van der Waals surface area contributed by atoms with E-state index in [1.54, 1.807) is 0 Å². The molecule has 0 saturated heterocycles. The van der Waals surface area contributed by atoms with E-state index in [1.807, 2.05) is 114 Å². The van der Waals surface area contributed by atoms with Gasteiger partial charge in [0.15, 0.2) is 0 Å². The van der Waals surface area contributed by atoms with E-state index in [4.69, 9.17) is 0 Å². The minimum atomic E-state index is 0.500. The van der Waals surface area contributed by atoms with Crippen LogP contribution in [0.3, 0.4) is 0 Å². The molecule has 0 radical (unpaired) electrons. The Morgan fingerprint density at radius 2 is 0.400 bits per heavy atom. The molecule has 0 unspecified atom stereocenters. The molecular formula is C35H72. The molecule has 0 nitrogen and oxygen atoms in total. The normalized spacial score (nSPS) is 8.23. The molecule has 0 heteroatoms. The quantitative estimate of drug-likeness (QED) is 0.343. The summed E-state index contributed by atoms with van der Waals surface area (Å²) in [5.74, 6) is 0.833. The van der Waals surface area contributed by atoms with Crippen LogP contribution in [0.25, 0.3) is 0 Å². The van der Waals surface area contributed by atoms with Crippen molar-refractivity contribution in [2.24, 2.45) is 16.7 Å². The van der Waals surface area contributed by atoms with Crippen molar-refractivity contribution in [1.29, 1.82) is 0 Å². The van der Waals surface area contributed by atoms with Crippen molar-refractivity contribution < 1.29 is 0 Å². The highest BCUT2D eigenvalue weighted by Gasteiger charge is 1.96. The van der Waals surface area contributed by atoms with Crippen LogP contribution < -0.4 is 0 Å². The highest BCUT2D eigenvalue weighted by atomic mass is 14.0. The fourth-order valence-electron chi connectivity index (χ4n) is 0.770. The highest BCUT2D eigenvalue weighted by molar-refractivity contribution is 4.99. The summed E-state index contributed by atoms with van der Waals surface area (Å²) in [6.07, 6.45) is 1.25. The zero-order valence-electron chi connectivity index (χ0n) is 28.2. The number of hydrogen-bond acceptors (Lipinski definition) is 0. The van der Waals surface area contributed by atoms with Gasteiger partial charge in [0.1, 0.15) is 0 Å². The second-order valence-electron chi connectivity index (χ2n) is 10.7. The van der Waals surface area contributed by atoms with Crippen molar-refractivity contribution >= 4 is 0 Å². The summed E-state index contributed by atoms with van der Waals surface area (Å²) in [7, 11) is 0. The van der Waals surface area contributed by atoms with Crippen molar-refractivity contribution in [1.82, 2.24) is 0 Å². The lowest BCUT2D eigenvalue weighted by Gasteiger charge is -2.05. The maximum atomic E-state index is 2.19.